The van der Waals surface area contributed by atoms with Crippen molar-refractivity contribution in [2.45, 2.75) is 44.6 Å². The number of nitrogens with one attached hydrogen (secondary N) is 1. The van der Waals surface area contributed by atoms with E-state index >= 15 is 0 Å². The van der Waals surface area contributed by atoms with Crippen molar-refractivity contribution in [2.75, 3.05) is 5.32 Å². The molecule has 4 bridgehead atoms. The van der Waals surface area contributed by atoms with Gasteiger partial charge < -0.3 is 11.1 Å². The van der Waals surface area contributed by atoms with Crippen LogP contribution in [0.3, 0.4) is 0 Å². The lowest BCUT2D eigenvalue weighted by molar-refractivity contribution is 0.00124. The number of ketones is 1. The molecule has 3 N–H and O–H groups in total. The summed E-state index contributed by atoms with van der Waals surface area (Å²) in [4.78, 5) is 17.2. The Labute approximate surface area is 159 Å². The maximum Gasteiger partial charge on any atom is 0.193 e. The van der Waals surface area contributed by atoms with Gasteiger partial charge >= 0.3 is 0 Å². The highest BCUT2D eigenvalue weighted by molar-refractivity contribution is 6.19. The van der Waals surface area contributed by atoms with E-state index in [-0.39, 0.29) is 5.78 Å². The van der Waals surface area contributed by atoms with E-state index in [9.17, 15) is 4.79 Å². The fraction of sp³-hybridized carbons (Fsp3) is 0.478. The molecule has 7 rings (SSSR count). The molecule has 4 fully saturated rings. The fourth-order valence-electron chi connectivity index (χ4n) is 6.68. The van der Waals surface area contributed by atoms with Crippen LogP contribution in [-0.2, 0) is 6.42 Å². The molecule has 0 aromatic heterocycles. The zero-order valence-corrected chi connectivity index (χ0v) is 15.4. The van der Waals surface area contributed by atoms with E-state index < -0.39 is 0 Å². The van der Waals surface area contributed by atoms with Gasteiger partial charge in [0.15, 0.2) is 11.7 Å². The number of anilines is 1. The Kier molecular flexibility index (Phi) is 3.23. The van der Waals surface area contributed by atoms with Crippen molar-refractivity contribution in [1.82, 2.24) is 0 Å². The van der Waals surface area contributed by atoms with E-state index in [1.165, 1.54) is 32.1 Å². The molecule has 0 aliphatic heterocycles. The summed E-state index contributed by atoms with van der Waals surface area (Å²) in [5.41, 5.74) is 9.28. The molecule has 0 spiro atoms. The molecule has 2 aromatic carbocycles. The van der Waals surface area contributed by atoms with Crippen LogP contribution in [0, 0.1) is 23.7 Å². The molecule has 0 saturated heterocycles. The first-order valence-corrected chi connectivity index (χ1v) is 10.3. The summed E-state index contributed by atoms with van der Waals surface area (Å²) >= 11 is 0. The van der Waals surface area contributed by atoms with Crippen LogP contribution in [0.2, 0.25) is 0 Å². The highest BCUT2D eigenvalue weighted by Gasteiger charge is 2.48. The molecule has 0 amide bonds. The van der Waals surface area contributed by atoms with Crippen molar-refractivity contribution in [3.63, 3.8) is 0 Å². The molecule has 0 unspecified atom stereocenters. The molecule has 27 heavy (non-hydrogen) atoms. The van der Waals surface area contributed by atoms with Gasteiger partial charge in [-0.2, -0.15) is 0 Å². The zero-order valence-electron chi connectivity index (χ0n) is 15.4. The zero-order chi connectivity index (χ0) is 18.1. The lowest BCUT2D eigenvalue weighted by Gasteiger charge is -2.53. The van der Waals surface area contributed by atoms with E-state index in [1.54, 1.807) is 0 Å². The van der Waals surface area contributed by atoms with Crippen LogP contribution in [0.25, 0.3) is 10.8 Å². The van der Waals surface area contributed by atoms with Crippen LogP contribution in [0.15, 0.2) is 35.3 Å². The van der Waals surface area contributed by atoms with Gasteiger partial charge in [0, 0.05) is 23.1 Å². The van der Waals surface area contributed by atoms with Gasteiger partial charge in [-0.05, 0) is 78.9 Å². The van der Waals surface area contributed by atoms with Crippen molar-refractivity contribution < 1.29 is 4.79 Å². The molecule has 5 aliphatic rings. The number of aliphatic imine (C=N–C) groups is 1. The summed E-state index contributed by atoms with van der Waals surface area (Å²) in [6.45, 7) is 0. The van der Waals surface area contributed by atoms with Crippen LogP contribution < -0.4 is 11.1 Å². The van der Waals surface area contributed by atoms with Crippen LogP contribution >= 0.6 is 0 Å². The van der Waals surface area contributed by atoms with Gasteiger partial charge in [-0.15, -0.1) is 0 Å². The van der Waals surface area contributed by atoms with Crippen LogP contribution in [-0.4, -0.2) is 17.8 Å². The van der Waals surface area contributed by atoms with Gasteiger partial charge in [0.2, 0.25) is 0 Å². The van der Waals surface area contributed by atoms with Gasteiger partial charge in [0.05, 0.1) is 6.04 Å². The molecule has 0 radical (unpaired) electrons. The molecule has 2 aromatic rings. The molecule has 4 nitrogen and oxygen atoms in total. The third-order valence-corrected chi connectivity index (χ3v) is 7.51. The summed E-state index contributed by atoms with van der Waals surface area (Å²) in [6.07, 6.45) is 7.34. The predicted molar refractivity (Wildman–Crippen MR) is 108 cm³/mol. The third kappa shape index (κ3) is 2.35. The minimum Gasteiger partial charge on any atom is -0.370 e. The molecule has 0 heterocycles. The molecule has 5 aliphatic carbocycles. The molecular formula is C23H25N3O. The SMILES string of the molecule is NC(=NC1C2CC3CC(C2)CC1C3)Nc1ccc2c3c(cccc13)CC2=O. The topological polar surface area (TPSA) is 67.5 Å². The molecule has 4 heteroatoms. The summed E-state index contributed by atoms with van der Waals surface area (Å²) in [5, 5.41) is 5.50. The highest BCUT2D eigenvalue weighted by atomic mass is 16.1. The van der Waals surface area contributed by atoms with Gasteiger partial charge in [0.1, 0.15) is 0 Å². The summed E-state index contributed by atoms with van der Waals surface area (Å²) in [5.74, 6) is 4.09. The van der Waals surface area contributed by atoms with Crippen molar-refractivity contribution in [2.24, 2.45) is 34.4 Å². The Morgan fingerprint density at radius 3 is 2.48 bits per heavy atom. The first-order valence-electron chi connectivity index (χ1n) is 10.3. The predicted octanol–water partition coefficient (Wildman–Crippen LogP) is 4.13. The van der Waals surface area contributed by atoms with Crippen molar-refractivity contribution in [3.05, 3.63) is 41.5 Å². The Morgan fingerprint density at radius 2 is 1.74 bits per heavy atom. The summed E-state index contributed by atoms with van der Waals surface area (Å²) in [7, 11) is 0. The van der Waals surface area contributed by atoms with Crippen LogP contribution in [0.4, 0.5) is 5.69 Å². The highest BCUT2D eigenvalue weighted by Crippen LogP contribution is 2.54. The fourth-order valence-corrected chi connectivity index (χ4v) is 6.68. The number of Topliss-reactive ketones (excluding diaryl/α,β-unsaturated/α-hetero) is 1. The minimum atomic E-state index is 0.211. The lowest BCUT2D eigenvalue weighted by Crippen LogP contribution is -2.48. The minimum absolute atomic E-state index is 0.211. The number of hydrogen-bond donors (Lipinski definition) is 2. The maximum absolute atomic E-state index is 12.2. The average Bonchev–Trinajstić information content (AvgIpc) is 2.97. The number of benzene rings is 2. The number of nitrogens with zero attached hydrogens (tertiary/aromatic N) is 1. The number of rotatable bonds is 2. The second kappa shape index (κ2) is 5.57. The van der Waals surface area contributed by atoms with Gasteiger partial charge in [-0.3, -0.25) is 4.79 Å². The first kappa shape index (κ1) is 15.7. The van der Waals surface area contributed by atoms with Gasteiger partial charge in [-0.1, -0.05) is 18.2 Å². The number of guanidine groups is 1. The van der Waals surface area contributed by atoms with E-state index in [0.29, 0.717) is 18.4 Å². The molecular weight excluding hydrogens is 334 g/mol. The average molecular weight is 359 g/mol. The maximum atomic E-state index is 12.2. The van der Waals surface area contributed by atoms with Gasteiger partial charge in [0.25, 0.3) is 0 Å². The molecule has 0 atom stereocenters. The number of hydrogen-bond acceptors (Lipinski definition) is 2. The first-order chi connectivity index (χ1) is 13.2. The Hall–Kier alpha value is -2.36. The molecule has 138 valence electrons. The number of nitrogens with two attached hydrogens (primary N) is 1. The van der Waals surface area contributed by atoms with E-state index in [4.69, 9.17) is 10.7 Å². The van der Waals surface area contributed by atoms with Crippen molar-refractivity contribution in [1.29, 1.82) is 0 Å². The third-order valence-electron chi connectivity index (χ3n) is 7.51. The lowest BCUT2D eigenvalue weighted by atomic mass is 9.54. The Balaban J connectivity index is 1.32. The van der Waals surface area contributed by atoms with E-state index in [2.05, 4.69) is 11.4 Å². The van der Waals surface area contributed by atoms with Crippen LogP contribution in [0.1, 0.15) is 48.0 Å². The standard InChI is InChI=1S/C23H25N3O/c24-23(26-22-15-7-12-6-13(9-15)10-16(22)8-12)25-19-5-4-18-20(27)11-14-2-1-3-17(19)21(14)18/h1-5,12-13,15-16,22H,6-11H2,(H3,24,25,26). The van der Waals surface area contributed by atoms with Crippen molar-refractivity contribution in [3.8, 4) is 0 Å². The van der Waals surface area contributed by atoms with Crippen LogP contribution in [0.5, 0.6) is 0 Å². The summed E-state index contributed by atoms with van der Waals surface area (Å²) < 4.78 is 0. The second-order valence-electron chi connectivity index (χ2n) is 9.16. The monoisotopic (exact) mass is 359 g/mol. The van der Waals surface area contributed by atoms with Gasteiger partial charge in [-0.25, -0.2) is 4.99 Å². The Morgan fingerprint density at radius 1 is 1.00 bits per heavy atom. The smallest absolute Gasteiger partial charge is 0.193 e. The summed E-state index contributed by atoms with van der Waals surface area (Å²) in [6, 6.07) is 10.4. The molecule has 4 saturated carbocycles. The number of carbonyl (C=O) groups excluding carboxylic acids is 1. The normalized spacial score (nSPS) is 33.9. The van der Waals surface area contributed by atoms with E-state index in [1.807, 2.05) is 24.3 Å². The number of carbonyl (C=O) groups is 1. The van der Waals surface area contributed by atoms with E-state index in [0.717, 1.165) is 51.3 Å². The van der Waals surface area contributed by atoms with Crippen molar-refractivity contribution >= 4 is 28.2 Å². The quantitative estimate of drug-likeness (QED) is 0.626. The Bertz CT molecular complexity index is 965. The largest absolute Gasteiger partial charge is 0.370 e. The second-order valence-corrected chi connectivity index (χ2v) is 9.16.